The monoisotopic (exact) mass is 256 g/mol. The number of para-hydroxylation sites is 1. The van der Waals surface area contributed by atoms with Crippen molar-refractivity contribution in [2.24, 2.45) is 0 Å². The van der Waals surface area contributed by atoms with Gasteiger partial charge in [-0.1, -0.05) is 55.0 Å². The maximum atomic E-state index is 10.5. The zero-order valence-corrected chi connectivity index (χ0v) is 11.5. The maximum Gasteiger partial charge on any atom is 0.125 e. The van der Waals surface area contributed by atoms with Gasteiger partial charge in [-0.25, -0.2) is 0 Å². The van der Waals surface area contributed by atoms with Gasteiger partial charge in [0.2, 0.25) is 0 Å². The van der Waals surface area contributed by atoms with Crippen LogP contribution in [0.5, 0.6) is 5.75 Å². The number of ether oxygens (including phenoxy) is 1. The summed E-state index contributed by atoms with van der Waals surface area (Å²) in [6, 6.07) is 15.6. The number of hydrogen-bond donors (Lipinski definition) is 1. The molecule has 1 atom stereocenters. The average Bonchev–Trinajstić information content (AvgIpc) is 2.44. The fourth-order valence-electron chi connectivity index (χ4n) is 2.07. The molecule has 0 fully saturated rings. The molecule has 0 aromatic heterocycles. The zero-order valence-electron chi connectivity index (χ0n) is 11.5. The zero-order chi connectivity index (χ0) is 13.7. The minimum absolute atomic E-state index is 0.645. The summed E-state index contributed by atoms with van der Waals surface area (Å²) in [5.74, 6) is 0.762. The molecular weight excluding hydrogens is 236 g/mol. The van der Waals surface area contributed by atoms with Gasteiger partial charge in [0.25, 0.3) is 0 Å². The van der Waals surface area contributed by atoms with Gasteiger partial charge in [0.1, 0.15) is 11.9 Å². The van der Waals surface area contributed by atoms with Crippen molar-refractivity contribution in [3.63, 3.8) is 0 Å². The predicted molar refractivity (Wildman–Crippen MR) is 77.5 cm³/mol. The van der Waals surface area contributed by atoms with Crippen molar-refractivity contribution >= 4 is 0 Å². The quantitative estimate of drug-likeness (QED) is 0.880. The Bertz CT molecular complexity index is 534. The Hall–Kier alpha value is -1.80. The first kappa shape index (κ1) is 13.6. The maximum absolute atomic E-state index is 10.5. The highest BCUT2D eigenvalue weighted by atomic mass is 16.5. The summed E-state index contributed by atoms with van der Waals surface area (Å²) in [5, 5.41) is 10.5. The molecule has 2 aromatic rings. The van der Waals surface area contributed by atoms with E-state index in [1.807, 2.05) is 55.5 Å². The molecule has 0 aliphatic rings. The Morgan fingerprint density at radius 2 is 1.89 bits per heavy atom. The summed E-state index contributed by atoms with van der Waals surface area (Å²) in [6.07, 6.45) is 0.308. The highest BCUT2D eigenvalue weighted by Gasteiger charge is 2.15. The first-order chi connectivity index (χ1) is 9.22. The van der Waals surface area contributed by atoms with Crippen LogP contribution < -0.4 is 4.74 Å². The molecule has 2 rings (SSSR count). The van der Waals surface area contributed by atoms with Crippen molar-refractivity contribution in [2.45, 2.75) is 26.4 Å². The van der Waals surface area contributed by atoms with Crippen LogP contribution in [0.25, 0.3) is 0 Å². The van der Waals surface area contributed by atoms with Gasteiger partial charge in [0.15, 0.2) is 0 Å². The van der Waals surface area contributed by atoms with E-state index in [0.717, 1.165) is 28.9 Å². The van der Waals surface area contributed by atoms with Crippen LogP contribution in [-0.4, -0.2) is 11.7 Å². The molecule has 1 unspecified atom stereocenters. The van der Waals surface area contributed by atoms with Crippen molar-refractivity contribution in [1.29, 1.82) is 0 Å². The van der Waals surface area contributed by atoms with Crippen molar-refractivity contribution < 1.29 is 9.84 Å². The Morgan fingerprint density at radius 1 is 1.11 bits per heavy atom. The SMILES string of the molecule is CCCOc1ccccc1C(O)c1cccc(C)c1. The van der Waals surface area contributed by atoms with Crippen LogP contribution >= 0.6 is 0 Å². The first-order valence-corrected chi connectivity index (χ1v) is 6.68. The third-order valence-electron chi connectivity index (χ3n) is 3.03. The third kappa shape index (κ3) is 3.36. The molecule has 0 saturated heterocycles. The van der Waals surface area contributed by atoms with E-state index in [1.165, 1.54) is 0 Å². The summed E-state index contributed by atoms with van der Waals surface area (Å²) in [4.78, 5) is 0. The van der Waals surface area contributed by atoms with Gasteiger partial charge >= 0.3 is 0 Å². The molecular formula is C17H20O2. The van der Waals surface area contributed by atoms with Crippen LogP contribution in [-0.2, 0) is 0 Å². The second-order valence-corrected chi connectivity index (χ2v) is 4.70. The molecule has 0 aliphatic heterocycles. The van der Waals surface area contributed by atoms with E-state index >= 15 is 0 Å². The van der Waals surface area contributed by atoms with Crippen LogP contribution in [0.4, 0.5) is 0 Å². The van der Waals surface area contributed by atoms with Crippen LogP contribution in [0.2, 0.25) is 0 Å². The molecule has 0 amide bonds. The lowest BCUT2D eigenvalue weighted by Gasteiger charge is -2.16. The number of aliphatic hydroxyl groups is 1. The van der Waals surface area contributed by atoms with Gasteiger partial charge in [-0.3, -0.25) is 0 Å². The molecule has 2 aromatic carbocycles. The fourth-order valence-corrected chi connectivity index (χ4v) is 2.07. The summed E-state index contributed by atoms with van der Waals surface area (Å²) >= 11 is 0. The number of rotatable bonds is 5. The fraction of sp³-hybridized carbons (Fsp3) is 0.294. The second-order valence-electron chi connectivity index (χ2n) is 4.70. The van der Waals surface area contributed by atoms with Gasteiger partial charge in [-0.05, 0) is 25.0 Å². The number of benzene rings is 2. The van der Waals surface area contributed by atoms with Crippen molar-refractivity contribution in [3.05, 3.63) is 65.2 Å². The number of hydrogen-bond acceptors (Lipinski definition) is 2. The van der Waals surface area contributed by atoms with E-state index in [0.29, 0.717) is 6.61 Å². The van der Waals surface area contributed by atoms with Crippen LogP contribution in [0, 0.1) is 6.92 Å². The van der Waals surface area contributed by atoms with Crippen LogP contribution in [0.3, 0.4) is 0 Å². The van der Waals surface area contributed by atoms with Gasteiger partial charge in [0, 0.05) is 5.56 Å². The summed E-state index contributed by atoms with van der Waals surface area (Å²) in [6.45, 7) is 4.76. The molecule has 2 heteroatoms. The molecule has 19 heavy (non-hydrogen) atoms. The van der Waals surface area contributed by atoms with Crippen molar-refractivity contribution in [3.8, 4) is 5.75 Å². The summed E-state index contributed by atoms with van der Waals surface area (Å²) in [7, 11) is 0. The Balaban J connectivity index is 2.30. The van der Waals surface area contributed by atoms with Crippen molar-refractivity contribution in [2.75, 3.05) is 6.61 Å². The van der Waals surface area contributed by atoms with E-state index in [9.17, 15) is 5.11 Å². The largest absolute Gasteiger partial charge is 0.493 e. The van der Waals surface area contributed by atoms with E-state index in [1.54, 1.807) is 0 Å². The minimum atomic E-state index is -0.645. The van der Waals surface area contributed by atoms with E-state index in [4.69, 9.17) is 4.74 Å². The number of aliphatic hydroxyl groups excluding tert-OH is 1. The third-order valence-corrected chi connectivity index (χ3v) is 3.03. The number of aryl methyl sites for hydroxylation is 1. The van der Waals surface area contributed by atoms with Gasteiger partial charge in [-0.15, -0.1) is 0 Å². The molecule has 2 nitrogen and oxygen atoms in total. The molecule has 0 saturated carbocycles. The molecule has 100 valence electrons. The van der Waals surface area contributed by atoms with Gasteiger partial charge in [0.05, 0.1) is 6.61 Å². The summed E-state index contributed by atoms with van der Waals surface area (Å²) in [5.41, 5.74) is 2.86. The molecule has 1 N–H and O–H groups in total. The topological polar surface area (TPSA) is 29.5 Å². The molecule has 0 radical (unpaired) electrons. The van der Waals surface area contributed by atoms with E-state index in [-0.39, 0.29) is 0 Å². The molecule has 0 spiro atoms. The van der Waals surface area contributed by atoms with Crippen LogP contribution in [0.15, 0.2) is 48.5 Å². The average molecular weight is 256 g/mol. The highest BCUT2D eigenvalue weighted by Crippen LogP contribution is 2.30. The molecule has 0 bridgehead atoms. The Labute approximate surface area is 114 Å². The van der Waals surface area contributed by atoms with E-state index in [2.05, 4.69) is 6.92 Å². The second kappa shape index (κ2) is 6.39. The predicted octanol–water partition coefficient (Wildman–Crippen LogP) is 3.87. The lowest BCUT2D eigenvalue weighted by molar-refractivity contribution is 0.210. The highest BCUT2D eigenvalue weighted by molar-refractivity contribution is 5.40. The first-order valence-electron chi connectivity index (χ1n) is 6.68. The standard InChI is InChI=1S/C17H20O2/c1-3-11-19-16-10-5-4-9-15(16)17(18)14-8-6-7-13(2)12-14/h4-10,12,17-18H,3,11H2,1-2H3. The summed E-state index contributed by atoms with van der Waals surface area (Å²) < 4.78 is 5.70. The van der Waals surface area contributed by atoms with Crippen molar-refractivity contribution in [1.82, 2.24) is 0 Å². The van der Waals surface area contributed by atoms with E-state index < -0.39 is 6.10 Å². The lowest BCUT2D eigenvalue weighted by Crippen LogP contribution is -2.05. The van der Waals surface area contributed by atoms with Crippen LogP contribution in [0.1, 0.15) is 36.1 Å². The smallest absolute Gasteiger partial charge is 0.125 e. The normalized spacial score (nSPS) is 12.2. The lowest BCUT2D eigenvalue weighted by atomic mass is 9.99. The minimum Gasteiger partial charge on any atom is -0.493 e. The Morgan fingerprint density at radius 3 is 2.63 bits per heavy atom. The molecule has 0 aliphatic carbocycles. The van der Waals surface area contributed by atoms with Gasteiger partial charge < -0.3 is 9.84 Å². The molecule has 0 heterocycles. The van der Waals surface area contributed by atoms with Gasteiger partial charge in [-0.2, -0.15) is 0 Å². The Kier molecular flexibility index (Phi) is 4.58.